The van der Waals surface area contributed by atoms with Gasteiger partial charge in [-0.25, -0.2) is 17.6 Å². The first kappa shape index (κ1) is 16.5. The van der Waals surface area contributed by atoms with Gasteiger partial charge in [-0.1, -0.05) is 23.7 Å². The first-order chi connectivity index (χ1) is 10.3. The highest BCUT2D eigenvalue weighted by Crippen LogP contribution is 2.22. The van der Waals surface area contributed by atoms with Crippen molar-refractivity contribution in [3.8, 4) is 0 Å². The van der Waals surface area contributed by atoms with Gasteiger partial charge >= 0.3 is 5.97 Å². The number of esters is 1. The molecule has 0 atom stereocenters. The van der Waals surface area contributed by atoms with E-state index in [1.165, 1.54) is 30.3 Å². The number of halogens is 2. The Bertz CT molecular complexity index is 818. The van der Waals surface area contributed by atoms with Crippen molar-refractivity contribution in [3.05, 3.63) is 64.4 Å². The normalized spacial score (nSPS) is 11.2. The summed E-state index contributed by atoms with van der Waals surface area (Å²) in [5, 5.41) is 0.0802. The molecule has 0 amide bonds. The average Bonchev–Trinajstić information content (AvgIpc) is 2.44. The molecule has 0 saturated heterocycles. The van der Waals surface area contributed by atoms with Crippen LogP contribution in [0.1, 0.15) is 15.9 Å². The molecule has 2 aromatic carbocycles. The van der Waals surface area contributed by atoms with Crippen molar-refractivity contribution in [1.82, 2.24) is 0 Å². The Hall–Kier alpha value is -1.92. The van der Waals surface area contributed by atoms with Crippen LogP contribution in [-0.4, -0.2) is 20.6 Å². The summed E-state index contributed by atoms with van der Waals surface area (Å²) in [6.07, 6.45) is 1.03. The highest BCUT2D eigenvalue weighted by atomic mass is 35.5. The van der Waals surface area contributed by atoms with Gasteiger partial charge in [0.05, 0.1) is 15.5 Å². The predicted molar refractivity (Wildman–Crippen MR) is 80.1 cm³/mol. The standard InChI is InChI=1S/C15H12ClFO4S/c1-22(19,20)12-5-6-14(16)13(8-12)15(18)21-9-10-3-2-4-11(17)7-10/h2-8H,9H2,1H3. The van der Waals surface area contributed by atoms with E-state index in [2.05, 4.69) is 0 Å². The summed E-state index contributed by atoms with van der Waals surface area (Å²) >= 11 is 5.89. The van der Waals surface area contributed by atoms with E-state index in [0.29, 0.717) is 5.56 Å². The summed E-state index contributed by atoms with van der Waals surface area (Å²) in [7, 11) is -3.46. The number of sulfone groups is 1. The second-order valence-corrected chi connectivity index (χ2v) is 7.04. The number of benzene rings is 2. The summed E-state index contributed by atoms with van der Waals surface area (Å²) < 4.78 is 41.1. The van der Waals surface area contributed by atoms with Gasteiger partial charge in [-0.15, -0.1) is 0 Å². The van der Waals surface area contributed by atoms with Crippen LogP contribution in [-0.2, 0) is 21.2 Å². The van der Waals surface area contributed by atoms with Gasteiger partial charge in [0.2, 0.25) is 0 Å². The molecule has 116 valence electrons. The first-order valence-corrected chi connectivity index (χ1v) is 8.45. The molecular weight excluding hydrogens is 331 g/mol. The smallest absolute Gasteiger partial charge is 0.340 e. The molecule has 2 rings (SSSR count). The molecule has 0 radical (unpaired) electrons. The van der Waals surface area contributed by atoms with Crippen LogP contribution in [0.3, 0.4) is 0 Å². The monoisotopic (exact) mass is 342 g/mol. The average molecular weight is 343 g/mol. The van der Waals surface area contributed by atoms with E-state index in [9.17, 15) is 17.6 Å². The molecule has 0 heterocycles. The van der Waals surface area contributed by atoms with Gasteiger partial charge < -0.3 is 4.74 Å². The fourth-order valence-corrected chi connectivity index (χ4v) is 2.59. The van der Waals surface area contributed by atoms with Gasteiger partial charge in [-0.05, 0) is 35.9 Å². The topological polar surface area (TPSA) is 60.4 Å². The van der Waals surface area contributed by atoms with Crippen molar-refractivity contribution >= 4 is 27.4 Å². The van der Waals surface area contributed by atoms with E-state index in [1.807, 2.05) is 0 Å². The summed E-state index contributed by atoms with van der Waals surface area (Å²) in [6, 6.07) is 9.39. The maximum atomic E-state index is 13.0. The Morgan fingerprint density at radius 2 is 1.95 bits per heavy atom. The third kappa shape index (κ3) is 4.05. The molecule has 0 saturated carbocycles. The van der Waals surface area contributed by atoms with Crippen LogP contribution in [0.5, 0.6) is 0 Å². The highest BCUT2D eigenvalue weighted by molar-refractivity contribution is 7.90. The first-order valence-electron chi connectivity index (χ1n) is 6.18. The quantitative estimate of drug-likeness (QED) is 0.800. The lowest BCUT2D eigenvalue weighted by Gasteiger charge is -2.08. The molecule has 0 aliphatic heterocycles. The highest BCUT2D eigenvalue weighted by Gasteiger charge is 2.16. The van der Waals surface area contributed by atoms with Crippen molar-refractivity contribution in [2.45, 2.75) is 11.5 Å². The lowest BCUT2D eigenvalue weighted by atomic mass is 10.2. The van der Waals surface area contributed by atoms with E-state index in [0.717, 1.165) is 12.3 Å². The van der Waals surface area contributed by atoms with Crippen molar-refractivity contribution < 1.29 is 22.3 Å². The van der Waals surface area contributed by atoms with E-state index in [-0.39, 0.29) is 22.1 Å². The Morgan fingerprint density at radius 1 is 1.23 bits per heavy atom. The van der Waals surface area contributed by atoms with Crippen molar-refractivity contribution in [2.24, 2.45) is 0 Å². The number of hydrogen-bond acceptors (Lipinski definition) is 4. The zero-order valence-electron chi connectivity index (χ0n) is 11.5. The molecule has 0 bridgehead atoms. The minimum Gasteiger partial charge on any atom is -0.457 e. The number of ether oxygens (including phenoxy) is 1. The van der Waals surface area contributed by atoms with E-state index >= 15 is 0 Å². The number of hydrogen-bond donors (Lipinski definition) is 0. The van der Waals surface area contributed by atoms with Gasteiger partial charge in [0.25, 0.3) is 0 Å². The third-order valence-electron chi connectivity index (χ3n) is 2.84. The molecule has 7 heteroatoms. The molecule has 0 spiro atoms. The van der Waals surface area contributed by atoms with Crippen molar-refractivity contribution in [3.63, 3.8) is 0 Å². The fraction of sp³-hybridized carbons (Fsp3) is 0.133. The van der Waals surface area contributed by atoms with E-state index in [4.69, 9.17) is 16.3 Å². The number of carbonyl (C=O) groups is 1. The lowest BCUT2D eigenvalue weighted by molar-refractivity contribution is 0.0472. The van der Waals surface area contributed by atoms with Gasteiger partial charge in [-0.2, -0.15) is 0 Å². The summed E-state index contributed by atoms with van der Waals surface area (Å²) in [5.41, 5.74) is 0.421. The largest absolute Gasteiger partial charge is 0.457 e. The molecule has 22 heavy (non-hydrogen) atoms. The minimum atomic E-state index is -3.46. The maximum absolute atomic E-state index is 13.0. The maximum Gasteiger partial charge on any atom is 0.340 e. The van der Waals surface area contributed by atoms with Crippen LogP contribution in [0, 0.1) is 5.82 Å². The summed E-state index contributed by atoms with van der Waals surface area (Å²) in [6.45, 7) is -0.143. The van der Waals surface area contributed by atoms with Gasteiger partial charge in [0, 0.05) is 6.26 Å². The lowest BCUT2D eigenvalue weighted by Crippen LogP contribution is -2.08. The molecule has 0 unspecified atom stereocenters. The molecule has 0 N–H and O–H groups in total. The predicted octanol–water partition coefficient (Wildman–Crippen LogP) is 3.24. The Morgan fingerprint density at radius 3 is 2.59 bits per heavy atom. The molecule has 4 nitrogen and oxygen atoms in total. The van der Waals surface area contributed by atoms with Gasteiger partial charge in [0.15, 0.2) is 9.84 Å². The number of rotatable bonds is 4. The van der Waals surface area contributed by atoms with Gasteiger partial charge in [-0.3, -0.25) is 0 Å². The second kappa shape index (κ2) is 6.46. The molecular formula is C15H12ClFO4S. The van der Waals surface area contributed by atoms with Crippen LogP contribution >= 0.6 is 11.6 Å². The van der Waals surface area contributed by atoms with Crippen molar-refractivity contribution in [1.29, 1.82) is 0 Å². The Balaban J connectivity index is 2.19. The van der Waals surface area contributed by atoms with Crippen LogP contribution in [0.25, 0.3) is 0 Å². The van der Waals surface area contributed by atoms with Crippen LogP contribution in [0.2, 0.25) is 5.02 Å². The molecule has 2 aromatic rings. The molecule has 0 fully saturated rings. The SMILES string of the molecule is CS(=O)(=O)c1ccc(Cl)c(C(=O)OCc2cccc(F)c2)c1. The van der Waals surface area contributed by atoms with Crippen LogP contribution < -0.4 is 0 Å². The molecule has 0 aromatic heterocycles. The second-order valence-electron chi connectivity index (χ2n) is 4.62. The van der Waals surface area contributed by atoms with E-state index in [1.54, 1.807) is 6.07 Å². The molecule has 0 aliphatic rings. The van der Waals surface area contributed by atoms with Crippen molar-refractivity contribution in [2.75, 3.05) is 6.26 Å². The Kier molecular flexibility index (Phi) is 4.83. The Labute approximate surface area is 132 Å². The molecule has 0 aliphatic carbocycles. The third-order valence-corrected chi connectivity index (χ3v) is 4.28. The summed E-state index contributed by atoms with van der Waals surface area (Å²) in [4.78, 5) is 12.0. The number of carbonyl (C=O) groups excluding carboxylic acids is 1. The minimum absolute atomic E-state index is 0.0328. The van der Waals surface area contributed by atoms with Crippen LogP contribution in [0.15, 0.2) is 47.4 Å². The zero-order valence-corrected chi connectivity index (χ0v) is 13.1. The zero-order chi connectivity index (χ0) is 16.3. The van der Waals surface area contributed by atoms with Crippen LogP contribution in [0.4, 0.5) is 4.39 Å². The van der Waals surface area contributed by atoms with E-state index < -0.39 is 21.6 Å². The summed E-state index contributed by atoms with van der Waals surface area (Å²) in [5.74, 6) is -1.22. The fourth-order valence-electron chi connectivity index (χ4n) is 1.74. The van der Waals surface area contributed by atoms with Gasteiger partial charge in [0.1, 0.15) is 12.4 Å².